The van der Waals surface area contributed by atoms with Crippen LogP contribution in [0.2, 0.25) is 0 Å². The largest absolute Gasteiger partial charge is 1.00 e. The summed E-state index contributed by atoms with van der Waals surface area (Å²) in [4.78, 5) is 0. The Morgan fingerprint density at radius 1 is 1.08 bits per heavy atom. The van der Waals surface area contributed by atoms with Gasteiger partial charge < -0.3 is 21.5 Å². The summed E-state index contributed by atoms with van der Waals surface area (Å²) in [5.74, 6) is 0. The van der Waals surface area contributed by atoms with Crippen LogP contribution in [0.3, 0.4) is 0 Å². The molecule has 1 aromatic rings. The molecule has 1 aromatic carbocycles. The zero-order valence-corrected chi connectivity index (χ0v) is 11.4. The second-order valence-corrected chi connectivity index (χ2v) is 4.99. The van der Waals surface area contributed by atoms with E-state index < -0.39 is 0 Å². The highest BCUT2D eigenvalue weighted by atomic mass is 79.9. The van der Waals surface area contributed by atoms with Crippen molar-refractivity contribution in [2.45, 2.75) is 6.54 Å². The fourth-order valence-electron chi connectivity index (χ4n) is 1.14. The molecular formula is C10H15Br2N. The maximum absolute atomic E-state index is 3.42. The van der Waals surface area contributed by atoms with Crippen LogP contribution in [0.15, 0.2) is 28.7 Å². The van der Waals surface area contributed by atoms with Gasteiger partial charge in [-0.25, -0.2) is 0 Å². The van der Waals surface area contributed by atoms with Crippen molar-refractivity contribution in [1.82, 2.24) is 0 Å². The van der Waals surface area contributed by atoms with Crippen molar-refractivity contribution in [2.75, 3.05) is 21.1 Å². The summed E-state index contributed by atoms with van der Waals surface area (Å²) in [6.45, 7) is 1.08. The second kappa shape index (κ2) is 5.13. The summed E-state index contributed by atoms with van der Waals surface area (Å²) in [5, 5.41) is 0. The lowest BCUT2D eigenvalue weighted by atomic mass is 10.2. The first-order valence-electron chi connectivity index (χ1n) is 4.02. The first-order valence-corrected chi connectivity index (χ1v) is 4.81. The van der Waals surface area contributed by atoms with Gasteiger partial charge in [0.25, 0.3) is 0 Å². The number of rotatable bonds is 2. The summed E-state index contributed by atoms with van der Waals surface area (Å²) < 4.78 is 2.12. The van der Waals surface area contributed by atoms with Crippen LogP contribution in [0.4, 0.5) is 0 Å². The predicted molar refractivity (Wildman–Crippen MR) is 55.9 cm³/mol. The molecule has 3 heteroatoms. The maximum atomic E-state index is 3.42. The molecule has 0 unspecified atom stereocenters. The Hall–Kier alpha value is 0.140. The topological polar surface area (TPSA) is 0 Å². The third-order valence-electron chi connectivity index (χ3n) is 1.57. The lowest BCUT2D eigenvalue weighted by molar-refractivity contribution is -0.884. The standard InChI is InChI=1S/C10H15BrN.BrH/c1-12(2,3)8-9-4-6-10(11)7-5-9;/h4-7H,8H2,1-3H3;1H/q+1;/p-1. The molecule has 0 amide bonds. The van der Waals surface area contributed by atoms with Crippen LogP contribution in [0.5, 0.6) is 0 Å². The van der Waals surface area contributed by atoms with E-state index in [9.17, 15) is 0 Å². The van der Waals surface area contributed by atoms with Gasteiger partial charge in [0.05, 0.1) is 21.1 Å². The Kier molecular flexibility index (Phi) is 5.18. The summed E-state index contributed by atoms with van der Waals surface area (Å²) >= 11 is 3.42. The molecule has 0 fully saturated rings. The van der Waals surface area contributed by atoms with Gasteiger partial charge >= 0.3 is 0 Å². The quantitative estimate of drug-likeness (QED) is 0.656. The van der Waals surface area contributed by atoms with Gasteiger partial charge in [0.1, 0.15) is 6.54 Å². The van der Waals surface area contributed by atoms with Crippen LogP contribution in [0.25, 0.3) is 0 Å². The van der Waals surface area contributed by atoms with Crippen molar-refractivity contribution in [3.8, 4) is 0 Å². The molecule has 0 radical (unpaired) electrons. The molecule has 0 atom stereocenters. The molecule has 0 aromatic heterocycles. The van der Waals surface area contributed by atoms with E-state index in [-0.39, 0.29) is 17.0 Å². The first kappa shape index (κ1) is 13.1. The van der Waals surface area contributed by atoms with Crippen LogP contribution in [-0.2, 0) is 6.54 Å². The lowest BCUT2D eigenvalue weighted by Gasteiger charge is -2.23. The van der Waals surface area contributed by atoms with Crippen molar-refractivity contribution >= 4 is 15.9 Å². The molecule has 0 bridgehead atoms. The molecule has 0 saturated carbocycles. The number of benzene rings is 1. The SMILES string of the molecule is C[N+](C)(C)Cc1ccc(Br)cc1.[Br-]. The first-order chi connectivity index (χ1) is 5.47. The third-order valence-corrected chi connectivity index (χ3v) is 2.10. The average molecular weight is 309 g/mol. The zero-order chi connectivity index (χ0) is 9.19. The Labute approximate surface area is 99.2 Å². The average Bonchev–Trinajstić information content (AvgIpc) is 1.91. The van der Waals surface area contributed by atoms with E-state index in [1.165, 1.54) is 5.56 Å². The molecular weight excluding hydrogens is 294 g/mol. The zero-order valence-electron chi connectivity index (χ0n) is 8.22. The van der Waals surface area contributed by atoms with E-state index in [0.717, 1.165) is 15.5 Å². The number of nitrogens with zero attached hydrogens (tertiary/aromatic N) is 1. The van der Waals surface area contributed by atoms with Crippen LogP contribution >= 0.6 is 15.9 Å². The van der Waals surface area contributed by atoms with Gasteiger partial charge in [-0.1, -0.05) is 28.1 Å². The highest BCUT2D eigenvalue weighted by molar-refractivity contribution is 9.10. The van der Waals surface area contributed by atoms with Crippen molar-refractivity contribution in [3.05, 3.63) is 34.3 Å². The van der Waals surface area contributed by atoms with Crippen molar-refractivity contribution < 1.29 is 21.5 Å². The van der Waals surface area contributed by atoms with Gasteiger partial charge in [-0.05, 0) is 12.1 Å². The molecule has 13 heavy (non-hydrogen) atoms. The molecule has 0 heterocycles. The van der Waals surface area contributed by atoms with Gasteiger partial charge in [-0.15, -0.1) is 0 Å². The van der Waals surface area contributed by atoms with Gasteiger partial charge in [-0.2, -0.15) is 0 Å². The summed E-state index contributed by atoms with van der Waals surface area (Å²) in [6, 6.07) is 8.50. The van der Waals surface area contributed by atoms with Crippen LogP contribution in [0, 0.1) is 0 Å². The minimum absolute atomic E-state index is 0. The minimum atomic E-state index is 0. The summed E-state index contributed by atoms with van der Waals surface area (Å²) in [5.41, 5.74) is 1.38. The molecule has 0 aliphatic heterocycles. The number of quaternary nitrogens is 1. The van der Waals surface area contributed by atoms with E-state index in [0.29, 0.717) is 0 Å². The number of hydrogen-bond acceptors (Lipinski definition) is 0. The molecule has 0 spiro atoms. The van der Waals surface area contributed by atoms with Gasteiger partial charge in [0.15, 0.2) is 0 Å². The van der Waals surface area contributed by atoms with Crippen molar-refractivity contribution in [2.24, 2.45) is 0 Å². The molecule has 0 aliphatic carbocycles. The smallest absolute Gasteiger partial charge is 0.104 e. The van der Waals surface area contributed by atoms with Crippen LogP contribution in [-0.4, -0.2) is 25.6 Å². The van der Waals surface area contributed by atoms with Crippen molar-refractivity contribution in [3.63, 3.8) is 0 Å². The maximum Gasteiger partial charge on any atom is 0.104 e. The summed E-state index contributed by atoms with van der Waals surface area (Å²) in [7, 11) is 6.59. The van der Waals surface area contributed by atoms with E-state index in [2.05, 4.69) is 61.3 Å². The Morgan fingerprint density at radius 2 is 1.54 bits per heavy atom. The Morgan fingerprint density at radius 3 is 1.92 bits per heavy atom. The molecule has 0 aliphatic rings. The molecule has 1 nitrogen and oxygen atoms in total. The lowest BCUT2D eigenvalue weighted by Crippen LogP contribution is -3.00. The van der Waals surface area contributed by atoms with Crippen LogP contribution in [0.1, 0.15) is 5.56 Å². The Balaban J connectivity index is 0.00000144. The molecule has 74 valence electrons. The van der Waals surface area contributed by atoms with Crippen molar-refractivity contribution in [1.29, 1.82) is 0 Å². The van der Waals surface area contributed by atoms with Gasteiger partial charge in [-0.3, -0.25) is 0 Å². The monoisotopic (exact) mass is 307 g/mol. The highest BCUT2D eigenvalue weighted by Gasteiger charge is 2.07. The van der Waals surface area contributed by atoms with Gasteiger partial charge in [0, 0.05) is 10.0 Å². The number of halogens is 2. The predicted octanol–water partition coefficient (Wildman–Crippen LogP) is -0.341. The molecule has 0 saturated heterocycles. The Bertz CT molecular complexity index is 249. The highest BCUT2D eigenvalue weighted by Crippen LogP contribution is 2.12. The van der Waals surface area contributed by atoms with E-state index >= 15 is 0 Å². The second-order valence-electron chi connectivity index (χ2n) is 4.07. The fourth-order valence-corrected chi connectivity index (χ4v) is 1.40. The molecule has 0 N–H and O–H groups in total. The third kappa shape index (κ3) is 5.45. The fraction of sp³-hybridized carbons (Fsp3) is 0.400. The van der Waals surface area contributed by atoms with Gasteiger partial charge in [0.2, 0.25) is 0 Å². The normalized spacial score (nSPS) is 10.8. The molecule has 1 rings (SSSR count). The minimum Gasteiger partial charge on any atom is -1.00 e. The van der Waals surface area contributed by atoms with E-state index in [4.69, 9.17) is 0 Å². The van der Waals surface area contributed by atoms with Crippen LogP contribution < -0.4 is 17.0 Å². The summed E-state index contributed by atoms with van der Waals surface area (Å²) in [6.07, 6.45) is 0. The van der Waals surface area contributed by atoms with E-state index in [1.807, 2.05) is 0 Å². The number of hydrogen-bond donors (Lipinski definition) is 0. The van der Waals surface area contributed by atoms with E-state index in [1.54, 1.807) is 0 Å².